The summed E-state index contributed by atoms with van der Waals surface area (Å²) in [6, 6.07) is 13.5. The Labute approximate surface area is 132 Å². The Morgan fingerprint density at radius 1 is 0.913 bits per heavy atom. The van der Waals surface area contributed by atoms with E-state index in [-0.39, 0.29) is 5.56 Å². The second-order valence-electron chi connectivity index (χ2n) is 4.91. The number of ketones is 1. The normalized spacial score (nSPS) is 12.2. The van der Waals surface area contributed by atoms with Crippen molar-refractivity contribution in [3.8, 4) is 0 Å². The zero-order valence-corrected chi connectivity index (χ0v) is 12.5. The maximum Gasteiger partial charge on any atom is 0.454 e. The van der Waals surface area contributed by atoms with Crippen molar-refractivity contribution in [1.29, 1.82) is 0 Å². The Morgan fingerprint density at radius 3 is 2.22 bits per heavy atom. The van der Waals surface area contributed by atoms with Crippen LogP contribution in [-0.4, -0.2) is 12.0 Å². The van der Waals surface area contributed by atoms with E-state index in [0.717, 1.165) is 11.1 Å². The van der Waals surface area contributed by atoms with Crippen LogP contribution in [-0.2, 0) is 0 Å². The van der Waals surface area contributed by atoms with Crippen LogP contribution in [0.25, 0.3) is 18.2 Å². The molecule has 0 bridgehead atoms. The summed E-state index contributed by atoms with van der Waals surface area (Å²) in [5, 5.41) is 0. The fraction of sp³-hybridized carbons (Fsp3) is 0.105. The van der Waals surface area contributed by atoms with Gasteiger partial charge in [0, 0.05) is 5.56 Å². The SMILES string of the molecule is C/C=C/c1cc(C(=O)C(F)(F)F)ccc1/C=C/c1ccccc1. The molecule has 0 amide bonds. The van der Waals surface area contributed by atoms with Crippen molar-refractivity contribution in [3.05, 3.63) is 76.9 Å². The van der Waals surface area contributed by atoms with Crippen LogP contribution < -0.4 is 0 Å². The van der Waals surface area contributed by atoms with Crippen LogP contribution in [0.4, 0.5) is 13.2 Å². The van der Waals surface area contributed by atoms with Crippen molar-refractivity contribution in [2.24, 2.45) is 0 Å². The molecule has 0 atom stereocenters. The predicted octanol–water partition coefficient (Wildman–Crippen LogP) is 5.64. The Morgan fingerprint density at radius 2 is 1.61 bits per heavy atom. The molecule has 0 saturated carbocycles. The van der Waals surface area contributed by atoms with Crippen molar-refractivity contribution < 1.29 is 18.0 Å². The number of carbonyl (C=O) groups excluding carboxylic acids is 1. The molecule has 0 saturated heterocycles. The van der Waals surface area contributed by atoms with Gasteiger partial charge in [0.1, 0.15) is 0 Å². The monoisotopic (exact) mass is 316 g/mol. The fourth-order valence-electron chi connectivity index (χ4n) is 2.11. The Kier molecular flexibility index (Phi) is 5.16. The van der Waals surface area contributed by atoms with Crippen LogP contribution in [0.2, 0.25) is 0 Å². The largest absolute Gasteiger partial charge is 0.454 e. The minimum absolute atomic E-state index is 0.359. The van der Waals surface area contributed by atoms with E-state index in [9.17, 15) is 18.0 Å². The third kappa shape index (κ3) is 4.42. The van der Waals surface area contributed by atoms with Gasteiger partial charge in [-0.15, -0.1) is 0 Å². The molecule has 0 aromatic heterocycles. The molecule has 118 valence electrons. The Hall–Kier alpha value is -2.62. The molecule has 2 aromatic rings. The number of benzene rings is 2. The number of alkyl halides is 3. The molecule has 1 nitrogen and oxygen atoms in total. The second-order valence-corrected chi connectivity index (χ2v) is 4.91. The lowest BCUT2D eigenvalue weighted by molar-refractivity contribution is -0.0885. The number of rotatable bonds is 4. The highest BCUT2D eigenvalue weighted by atomic mass is 19.4. The first kappa shape index (κ1) is 16.7. The van der Waals surface area contributed by atoms with Gasteiger partial charge < -0.3 is 0 Å². The summed E-state index contributed by atoms with van der Waals surface area (Å²) >= 11 is 0. The first-order valence-electron chi connectivity index (χ1n) is 7.03. The Bertz CT molecular complexity index is 741. The zero-order valence-electron chi connectivity index (χ0n) is 12.5. The van der Waals surface area contributed by atoms with Crippen molar-refractivity contribution >= 4 is 24.0 Å². The van der Waals surface area contributed by atoms with E-state index >= 15 is 0 Å². The maximum absolute atomic E-state index is 12.5. The molecule has 0 fully saturated rings. The summed E-state index contributed by atoms with van der Waals surface area (Å²) in [6.45, 7) is 1.77. The van der Waals surface area contributed by atoms with E-state index in [1.807, 2.05) is 42.5 Å². The van der Waals surface area contributed by atoms with Crippen LogP contribution in [0, 0.1) is 0 Å². The van der Waals surface area contributed by atoms with Crippen molar-refractivity contribution in [2.45, 2.75) is 13.1 Å². The maximum atomic E-state index is 12.5. The Balaban J connectivity index is 2.38. The first-order chi connectivity index (χ1) is 10.9. The smallest absolute Gasteiger partial charge is 0.284 e. The molecule has 2 rings (SSSR count). The molecule has 0 N–H and O–H groups in total. The third-order valence-corrected chi connectivity index (χ3v) is 3.21. The highest BCUT2D eigenvalue weighted by Crippen LogP contribution is 2.24. The van der Waals surface area contributed by atoms with Crippen molar-refractivity contribution in [1.82, 2.24) is 0 Å². The quantitative estimate of drug-likeness (QED) is 0.527. The second kappa shape index (κ2) is 7.09. The fourth-order valence-corrected chi connectivity index (χ4v) is 2.11. The van der Waals surface area contributed by atoms with Crippen molar-refractivity contribution in [3.63, 3.8) is 0 Å². The van der Waals surface area contributed by atoms with E-state index < -0.39 is 12.0 Å². The van der Waals surface area contributed by atoms with Crippen LogP contribution in [0.5, 0.6) is 0 Å². The van der Waals surface area contributed by atoms with Gasteiger partial charge >= 0.3 is 6.18 Å². The topological polar surface area (TPSA) is 17.1 Å². The van der Waals surface area contributed by atoms with Gasteiger partial charge in [-0.05, 0) is 29.7 Å². The molecule has 0 unspecified atom stereocenters. The lowest BCUT2D eigenvalue weighted by Gasteiger charge is -2.08. The molecule has 0 aliphatic heterocycles. The molecule has 0 aliphatic rings. The summed E-state index contributed by atoms with van der Waals surface area (Å²) in [5.74, 6) is -1.83. The minimum atomic E-state index is -4.87. The molecule has 2 aromatic carbocycles. The molecule has 0 heterocycles. The van der Waals surface area contributed by atoms with Crippen molar-refractivity contribution in [2.75, 3.05) is 0 Å². The molecule has 0 radical (unpaired) electrons. The van der Waals surface area contributed by atoms with Crippen LogP contribution in [0.1, 0.15) is 34.0 Å². The van der Waals surface area contributed by atoms with E-state index in [1.165, 1.54) is 18.2 Å². The van der Waals surface area contributed by atoms with Gasteiger partial charge in [-0.2, -0.15) is 13.2 Å². The van der Waals surface area contributed by atoms with E-state index in [2.05, 4.69) is 0 Å². The summed E-state index contributed by atoms with van der Waals surface area (Å²) in [6.07, 6.45) is 2.21. The van der Waals surface area contributed by atoms with E-state index in [1.54, 1.807) is 19.1 Å². The molecule has 0 spiro atoms. The van der Waals surface area contributed by atoms with Gasteiger partial charge in [0.25, 0.3) is 5.78 Å². The van der Waals surface area contributed by atoms with Gasteiger partial charge in [-0.25, -0.2) is 0 Å². The molecule has 23 heavy (non-hydrogen) atoms. The highest BCUT2D eigenvalue weighted by molar-refractivity contribution is 6.01. The standard InChI is InChI=1S/C19H15F3O/c1-2-6-16-13-17(18(23)19(20,21)22)12-11-15(16)10-9-14-7-4-3-5-8-14/h2-13H,1H3/b6-2+,10-9+. The molecule has 4 heteroatoms. The number of halogens is 3. The average molecular weight is 316 g/mol. The number of Topliss-reactive ketones (excluding diaryl/α,β-unsaturated/α-hetero) is 1. The average Bonchev–Trinajstić information content (AvgIpc) is 2.53. The summed E-state index contributed by atoms with van der Waals surface area (Å²) in [4.78, 5) is 11.3. The van der Waals surface area contributed by atoms with Gasteiger partial charge in [0.2, 0.25) is 0 Å². The van der Waals surface area contributed by atoms with Crippen LogP contribution in [0.15, 0.2) is 54.6 Å². The van der Waals surface area contributed by atoms with Gasteiger partial charge in [-0.3, -0.25) is 4.79 Å². The summed E-state index contributed by atoms with van der Waals surface area (Å²) in [5.41, 5.74) is 1.93. The minimum Gasteiger partial charge on any atom is -0.284 e. The van der Waals surface area contributed by atoms with Gasteiger partial charge in [0.15, 0.2) is 0 Å². The zero-order chi connectivity index (χ0) is 16.9. The molecule has 0 aliphatic carbocycles. The number of hydrogen-bond acceptors (Lipinski definition) is 1. The summed E-state index contributed by atoms with van der Waals surface area (Å²) < 4.78 is 37.6. The number of allylic oxidation sites excluding steroid dienone is 1. The lowest BCUT2D eigenvalue weighted by Crippen LogP contribution is -2.22. The third-order valence-electron chi connectivity index (χ3n) is 3.21. The molecular formula is C19H15F3O. The predicted molar refractivity (Wildman–Crippen MR) is 86.9 cm³/mol. The number of hydrogen-bond donors (Lipinski definition) is 0. The van der Waals surface area contributed by atoms with Crippen LogP contribution >= 0.6 is 0 Å². The van der Waals surface area contributed by atoms with Gasteiger partial charge in [-0.1, -0.05) is 66.8 Å². The van der Waals surface area contributed by atoms with Crippen LogP contribution in [0.3, 0.4) is 0 Å². The summed E-state index contributed by atoms with van der Waals surface area (Å²) in [7, 11) is 0. The first-order valence-corrected chi connectivity index (χ1v) is 7.03. The number of carbonyl (C=O) groups is 1. The lowest BCUT2D eigenvalue weighted by atomic mass is 10.00. The van der Waals surface area contributed by atoms with Gasteiger partial charge in [0.05, 0.1) is 0 Å². The molecular weight excluding hydrogens is 301 g/mol. The van der Waals surface area contributed by atoms with E-state index in [4.69, 9.17) is 0 Å². The van der Waals surface area contributed by atoms with E-state index in [0.29, 0.717) is 5.56 Å². The highest BCUT2D eigenvalue weighted by Gasteiger charge is 2.39.